The van der Waals surface area contributed by atoms with Crippen molar-refractivity contribution in [3.8, 4) is 0 Å². The van der Waals surface area contributed by atoms with Crippen LogP contribution >= 0.6 is 12.2 Å². The van der Waals surface area contributed by atoms with Crippen LogP contribution in [-0.2, 0) is 0 Å². The van der Waals surface area contributed by atoms with Crippen molar-refractivity contribution in [2.75, 3.05) is 11.9 Å². The van der Waals surface area contributed by atoms with E-state index in [4.69, 9.17) is 12.2 Å². The number of unbranched alkanes of at least 4 members (excludes halogenated alkanes) is 1. The average molecular weight is 250 g/mol. The fourth-order valence-corrected chi connectivity index (χ4v) is 1.75. The molecule has 94 valence electrons. The second-order valence-electron chi connectivity index (χ2n) is 4.51. The minimum absolute atomic E-state index is 0.540. The molecule has 0 aromatic heterocycles. The van der Waals surface area contributed by atoms with Crippen LogP contribution in [0.1, 0.15) is 45.1 Å². The Labute approximate surface area is 110 Å². The first-order valence-corrected chi connectivity index (χ1v) is 6.69. The van der Waals surface area contributed by atoms with Crippen LogP contribution in [0.25, 0.3) is 0 Å². The lowest BCUT2D eigenvalue weighted by molar-refractivity contribution is 0.758. The summed E-state index contributed by atoms with van der Waals surface area (Å²) in [6, 6.07) is 8.40. The fourth-order valence-electron chi connectivity index (χ4n) is 1.53. The van der Waals surface area contributed by atoms with Gasteiger partial charge in [0.05, 0.1) is 0 Å². The summed E-state index contributed by atoms with van der Waals surface area (Å²) in [5.74, 6) is 0.540. The van der Waals surface area contributed by atoms with Crippen molar-refractivity contribution >= 4 is 23.0 Å². The summed E-state index contributed by atoms with van der Waals surface area (Å²) in [5.41, 5.74) is 2.39. The van der Waals surface area contributed by atoms with Gasteiger partial charge in [0.1, 0.15) is 0 Å². The Kier molecular flexibility index (Phi) is 5.98. The zero-order valence-electron chi connectivity index (χ0n) is 10.9. The minimum Gasteiger partial charge on any atom is -0.362 e. The number of hydrogen-bond donors (Lipinski definition) is 2. The van der Waals surface area contributed by atoms with Gasteiger partial charge < -0.3 is 10.6 Å². The molecule has 0 saturated carbocycles. The Morgan fingerprint density at radius 3 is 2.76 bits per heavy atom. The fraction of sp³-hybridized carbons (Fsp3) is 0.500. The van der Waals surface area contributed by atoms with Crippen molar-refractivity contribution in [1.29, 1.82) is 0 Å². The molecule has 0 saturated heterocycles. The summed E-state index contributed by atoms with van der Waals surface area (Å²) in [4.78, 5) is 0. The third kappa shape index (κ3) is 5.18. The molecule has 0 radical (unpaired) electrons. The van der Waals surface area contributed by atoms with Crippen molar-refractivity contribution < 1.29 is 0 Å². The molecular weight excluding hydrogens is 228 g/mol. The summed E-state index contributed by atoms with van der Waals surface area (Å²) in [5, 5.41) is 7.13. The molecule has 0 aliphatic carbocycles. The lowest BCUT2D eigenvalue weighted by Crippen LogP contribution is -2.29. The van der Waals surface area contributed by atoms with Crippen LogP contribution in [0.15, 0.2) is 24.3 Å². The summed E-state index contributed by atoms with van der Waals surface area (Å²) >= 11 is 5.24. The SMILES string of the molecule is CCCCNC(=S)Nc1cccc(C(C)C)c1. The van der Waals surface area contributed by atoms with Crippen LogP contribution in [-0.4, -0.2) is 11.7 Å². The zero-order chi connectivity index (χ0) is 12.7. The Bertz CT molecular complexity index is 361. The molecule has 1 aromatic rings. The standard InChI is InChI=1S/C14H22N2S/c1-4-5-9-15-14(17)16-13-8-6-7-12(10-13)11(2)3/h6-8,10-11H,4-5,9H2,1-3H3,(H2,15,16,17). The lowest BCUT2D eigenvalue weighted by atomic mass is 10.0. The van der Waals surface area contributed by atoms with Crippen molar-refractivity contribution in [3.05, 3.63) is 29.8 Å². The minimum atomic E-state index is 0.540. The first-order chi connectivity index (χ1) is 8.13. The van der Waals surface area contributed by atoms with E-state index in [9.17, 15) is 0 Å². The predicted molar refractivity (Wildman–Crippen MR) is 79.7 cm³/mol. The molecule has 0 heterocycles. The molecule has 0 spiro atoms. The molecule has 3 heteroatoms. The maximum atomic E-state index is 5.24. The van der Waals surface area contributed by atoms with Gasteiger partial charge in [-0.05, 0) is 42.3 Å². The largest absolute Gasteiger partial charge is 0.362 e. The van der Waals surface area contributed by atoms with Gasteiger partial charge in [-0.3, -0.25) is 0 Å². The molecule has 0 atom stereocenters. The highest BCUT2D eigenvalue weighted by Gasteiger charge is 2.01. The first-order valence-electron chi connectivity index (χ1n) is 6.28. The average Bonchev–Trinajstić information content (AvgIpc) is 2.29. The van der Waals surface area contributed by atoms with Crippen LogP contribution in [0.5, 0.6) is 0 Å². The van der Waals surface area contributed by atoms with Crippen molar-refractivity contribution in [1.82, 2.24) is 5.32 Å². The number of benzene rings is 1. The number of nitrogens with one attached hydrogen (secondary N) is 2. The summed E-state index contributed by atoms with van der Waals surface area (Å²) in [6.45, 7) is 7.49. The van der Waals surface area contributed by atoms with Gasteiger partial charge in [0.25, 0.3) is 0 Å². The quantitative estimate of drug-likeness (QED) is 0.612. The first kappa shape index (κ1) is 14.0. The van der Waals surface area contributed by atoms with Gasteiger partial charge in [-0.1, -0.05) is 39.3 Å². The van der Waals surface area contributed by atoms with Crippen LogP contribution in [0.2, 0.25) is 0 Å². The van der Waals surface area contributed by atoms with Gasteiger partial charge in [0, 0.05) is 12.2 Å². The maximum absolute atomic E-state index is 5.24. The van der Waals surface area contributed by atoms with E-state index in [-0.39, 0.29) is 0 Å². The van der Waals surface area contributed by atoms with Crippen molar-refractivity contribution in [2.45, 2.75) is 39.5 Å². The highest BCUT2D eigenvalue weighted by molar-refractivity contribution is 7.80. The lowest BCUT2D eigenvalue weighted by Gasteiger charge is -2.12. The number of anilines is 1. The summed E-state index contributed by atoms with van der Waals surface area (Å²) in [6.07, 6.45) is 2.33. The molecular formula is C14H22N2S. The van der Waals surface area contributed by atoms with Crippen LogP contribution < -0.4 is 10.6 Å². The molecule has 0 unspecified atom stereocenters. The van der Waals surface area contributed by atoms with Crippen molar-refractivity contribution in [3.63, 3.8) is 0 Å². The van der Waals surface area contributed by atoms with E-state index in [0.29, 0.717) is 11.0 Å². The Balaban J connectivity index is 2.50. The normalized spacial score (nSPS) is 10.4. The molecule has 1 aromatic carbocycles. The van der Waals surface area contributed by atoms with E-state index in [2.05, 4.69) is 49.6 Å². The van der Waals surface area contributed by atoms with Crippen LogP contribution in [0.4, 0.5) is 5.69 Å². The zero-order valence-corrected chi connectivity index (χ0v) is 11.7. The highest BCUT2D eigenvalue weighted by atomic mass is 32.1. The van der Waals surface area contributed by atoms with E-state index in [0.717, 1.165) is 18.7 Å². The Hall–Kier alpha value is -1.09. The van der Waals surface area contributed by atoms with E-state index in [1.54, 1.807) is 0 Å². The Morgan fingerprint density at radius 2 is 2.12 bits per heavy atom. The van der Waals surface area contributed by atoms with E-state index < -0.39 is 0 Å². The molecule has 0 aliphatic heterocycles. The number of hydrogen-bond acceptors (Lipinski definition) is 1. The Morgan fingerprint density at radius 1 is 1.35 bits per heavy atom. The smallest absolute Gasteiger partial charge is 0.170 e. The van der Waals surface area contributed by atoms with Gasteiger partial charge in [-0.25, -0.2) is 0 Å². The van der Waals surface area contributed by atoms with Gasteiger partial charge >= 0.3 is 0 Å². The summed E-state index contributed by atoms with van der Waals surface area (Å²) < 4.78 is 0. The molecule has 2 nitrogen and oxygen atoms in total. The third-order valence-electron chi connectivity index (χ3n) is 2.63. The van der Waals surface area contributed by atoms with Gasteiger partial charge in [-0.15, -0.1) is 0 Å². The predicted octanol–water partition coefficient (Wildman–Crippen LogP) is 3.90. The summed E-state index contributed by atoms with van der Waals surface area (Å²) in [7, 11) is 0. The third-order valence-corrected chi connectivity index (χ3v) is 2.87. The number of thiocarbonyl (C=S) groups is 1. The van der Waals surface area contributed by atoms with E-state index in [1.165, 1.54) is 12.0 Å². The number of rotatable bonds is 5. The molecule has 17 heavy (non-hydrogen) atoms. The topological polar surface area (TPSA) is 24.1 Å². The van der Waals surface area contributed by atoms with Crippen LogP contribution in [0, 0.1) is 0 Å². The van der Waals surface area contributed by atoms with E-state index in [1.807, 2.05) is 6.07 Å². The molecule has 1 rings (SSSR count). The molecule has 0 fully saturated rings. The molecule has 0 amide bonds. The molecule has 0 aliphatic rings. The van der Waals surface area contributed by atoms with Gasteiger partial charge in [-0.2, -0.15) is 0 Å². The van der Waals surface area contributed by atoms with Gasteiger partial charge in [0.15, 0.2) is 5.11 Å². The monoisotopic (exact) mass is 250 g/mol. The molecule has 0 bridgehead atoms. The van der Waals surface area contributed by atoms with Gasteiger partial charge in [0.2, 0.25) is 0 Å². The second kappa shape index (κ2) is 7.28. The highest BCUT2D eigenvalue weighted by Crippen LogP contribution is 2.18. The van der Waals surface area contributed by atoms with Crippen molar-refractivity contribution in [2.24, 2.45) is 0 Å². The molecule has 2 N–H and O–H groups in total. The second-order valence-corrected chi connectivity index (χ2v) is 4.92. The van der Waals surface area contributed by atoms with E-state index >= 15 is 0 Å². The maximum Gasteiger partial charge on any atom is 0.170 e. The van der Waals surface area contributed by atoms with Crippen LogP contribution in [0.3, 0.4) is 0 Å².